The van der Waals surface area contributed by atoms with Crippen molar-refractivity contribution in [1.29, 1.82) is 0 Å². The van der Waals surface area contributed by atoms with E-state index in [9.17, 15) is 4.79 Å². The van der Waals surface area contributed by atoms with Crippen LogP contribution in [0.3, 0.4) is 0 Å². The second kappa shape index (κ2) is 3.81. The van der Waals surface area contributed by atoms with Crippen molar-refractivity contribution in [3.8, 4) is 0 Å². The van der Waals surface area contributed by atoms with E-state index in [4.69, 9.17) is 5.11 Å². The first-order valence-corrected chi connectivity index (χ1v) is 3.61. The fraction of sp³-hybridized carbons (Fsp3) is 0.375. The van der Waals surface area contributed by atoms with Gasteiger partial charge in [0.2, 0.25) is 0 Å². The van der Waals surface area contributed by atoms with Gasteiger partial charge in [0.25, 0.3) is 0 Å². The molecule has 11 heavy (non-hydrogen) atoms. The molecule has 3 heteroatoms. The van der Waals surface area contributed by atoms with Gasteiger partial charge in [-0.1, -0.05) is 0 Å². The number of carboxylic acids is 1. The molecule has 0 amide bonds. The first-order chi connectivity index (χ1) is 5.30. The molecular formula is C8H11NO2. The number of H-pyrrole nitrogens is 1. The molecule has 1 heterocycles. The van der Waals surface area contributed by atoms with E-state index in [1.165, 1.54) is 0 Å². The molecule has 2 N–H and O–H groups in total. The lowest BCUT2D eigenvalue weighted by Gasteiger charge is -1.75. The van der Waals surface area contributed by atoms with Gasteiger partial charge in [0.15, 0.2) is 0 Å². The summed E-state index contributed by atoms with van der Waals surface area (Å²) in [7, 11) is 0. The summed E-state index contributed by atoms with van der Waals surface area (Å²) in [5, 5.41) is 8.05. The molecule has 0 saturated heterocycles. The minimum atomic E-state index is -0.630. The van der Waals surface area contributed by atoms with Gasteiger partial charge in [0.1, 0.15) is 0 Å². The zero-order chi connectivity index (χ0) is 8.10. The molecule has 1 aromatic rings. The summed E-state index contributed by atoms with van der Waals surface area (Å²) in [5.74, 6) is -0.611. The molecule has 2 rings (SSSR count). The Kier molecular flexibility index (Phi) is 2.72. The molecule has 0 aromatic carbocycles. The van der Waals surface area contributed by atoms with Crippen molar-refractivity contribution in [3.63, 3.8) is 0 Å². The predicted molar refractivity (Wildman–Crippen MR) is 41.2 cm³/mol. The Balaban J connectivity index is 0.000000112. The third kappa shape index (κ3) is 3.45. The Morgan fingerprint density at radius 2 is 1.91 bits per heavy atom. The van der Waals surface area contributed by atoms with E-state index in [1.54, 1.807) is 0 Å². The van der Waals surface area contributed by atoms with Gasteiger partial charge in [-0.3, -0.25) is 4.79 Å². The molecule has 1 saturated carbocycles. The Morgan fingerprint density at radius 3 is 2.00 bits per heavy atom. The van der Waals surface area contributed by atoms with Gasteiger partial charge < -0.3 is 10.1 Å². The van der Waals surface area contributed by atoms with Crippen molar-refractivity contribution >= 4 is 5.97 Å². The molecule has 1 aromatic heterocycles. The zero-order valence-corrected chi connectivity index (χ0v) is 6.16. The lowest BCUT2D eigenvalue weighted by Crippen LogP contribution is -1.94. The summed E-state index contributed by atoms with van der Waals surface area (Å²) in [5.41, 5.74) is 0. The largest absolute Gasteiger partial charge is 0.481 e. The van der Waals surface area contributed by atoms with Crippen molar-refractivity contribution < 1.29 is 9.90 Å². The minimum Gasteiger partial charge on any atom is -0.481 e. The molecule has 0 radical (unpaired) electrons. The van der Waals surface area contributed by atoms with Crippen LogP contribution >= 0.6 is 0 Å². The van der Waals surface area contributed by atoms with Gasteiger partial charge in [0.05, 0.1) is 5.92 Å². The second-order valence-corrected chi connectivity index (χ2v) is 2.50. The number of rotatable bonds is 1. The van der Waals surface area contributed by atoms with Crippen LogP contribution in [0.25, 0.3) is 0 Å². The number of carbonyl (C=O) groups is 1. The topological polar surface area (TPSA) is 53.1 Å². The molecule has 0 aliphatic heterocycles. The molecule has 1 aliphatic carbocycles. The zero-order valence-electron chi connectivity index (χ0n) is 6.16. The van der Waals surface area contributed by atoms with Crippen molar-refractivity contribution in [3.05, 3.63) is 24.5 Å². The van der Waals surface area contributed by atoms with Crippen LogP contribution in [0.2, 0.25) is 0 Å². The van der Waals surface area contributed by atoms with Crippen LogP contribution < -0.4 is 0 Å². The van der Waals surface area contributed by atoms with E-state index in [0.717, 1.165) is 12.8 Å². The number of nitrogens with one attached hydrogen (secondary N) is 1. The third-order valence-corrected chi connectivity index (χ3v) is 1.42. The summed E-state index contributed by atoms with van der Waals surface area (Å²) in [6, 6.07) is 3.89. The summed E-state index contributed by atoms with van der Waals surface area (Å²) in [4.78, 5) is 12.6. The van der Waals surface area contributed by atoms with Crippen molar-refractivity contribution in [1.82, 2.24) is 4.98 Å². The predicted octanol–water partition coefficient (Wildman–Crippen LogP) is 1.50. The number of carboxylic acid groups (broad SMARTS) is 1. The summed E-state index contributed by atoms with van der Waals surface area (Å²) >= 11 is 0. The van der Waals surface area contributed by atoms with Crippen LogP contribution in [0.1, 0.15) is 12.8 Å². The molecule has 60 valence electrons. The van der Waals surface area contributed by atoms with Crippen LogP contribution in [0.4, 0.5) is 0 Å². The third-order valence-electron chi connectivity index (χ3n) is 1.42. The van der Waals surface area contributed by atoms with Gasteiger partial charge in [-0.2, -0.15) is 0 Å². The van der Waals surface area contributed by atoms with Crippen LogP contribution in [0, 0.1) is 5.92 Å². The van der Waals surface area contributed by atoms with Crippen LogP contribution in [0.5, 0.6) is 0 Å². The number of aliphatic carboxylic acids is 1. The summed E-state index contributed by atoms with van der Waals surface area (Å²) in [6.07, 6.45) is 5.55. The monoisotopic (exact) mass is 153 g/mol. The molecule has 1 fully saturated rings. The molecule has 3 nitrogen and oxygen atoms in total. The van der Waals surface area contributed by atoms with Crippen molar-refractivity contribution in [2.24, 2.45) is 5.92 Å². The van der Waals surface area contributed by atoms with Gasteiger partial charge in [-0.15, -0.1) is 0 Å². The molecule has 0 spiro atoms. The van der Waals surface area contributed by atoms with E-state index in [2.05, 4.69) is 4.98 Å². The van der Waals surface area contributed by atoms with Gasteiger partial charge >= 0.3 is 5.97 Å². The Morgan fingerprint density at radius 1 is 1.36 bits per heavy atom. The van der Waals surface area contributed by atoms with Crippen LogP contribution in [-0.2, 0) is 4.79 Å². The Bertz CT molecular complexity index is 185. The van der Waals surface area contributed by atoms with Crippen LogP contribution in [-0.4, -0.2) is 16.1 Å². The van der Waals surface area contributed by atoms with E-state index >= 15 is 0 Å². The highest BCUT2D eigenvalue weighted by Gasteiger charge is 2.28. The highest BCUT2D eigenvalue weighted by atomic mass is 16.4. The van der Waals surface area contributed by atoms with Gasteiger partial charge in [0, 0.05) is 12.4 Å². The van der Waals surface area contributed by atoms with E-state index in [1.807, 2.05) is 24.5 Å². The quantitative estimate of drug-likeness (QED) is 0.642. The normalized spacial score (nSPS) is 14.9. The highest BCUT2D eigenvalue weighted by Crippen LogP contribution is 2.28. The van der Waals surface area contributed by atoms with E-state index < -0.39 is 5.97 Å². The first kappa shape index (κ1) is 7.85. The molecule has 1 aliphatic rings. The van der Waals surface area contributed by atoms with Gasteiger partial charge in [-0.05, 0) is 25.0 Å². The number of hydrogen-bond acceptors (Lipinski definition) is 1. The molecule has 0 unspecified atom stereocenters. The second-order valence-electron chi connectivity index (χ2n) is 2.50. The fourth-order valence-electron chi connectivity index (χ4n) is 0.608. The van der Waals surface area contributed by atoms with E-state index in [-0.39, 0.29) is 5.92 Å². The molecular weight excluding hydrogens is 142 g/mol. The summed E-state index contributed by atoms with van der Waals surface area (Å²) in [6.45, 7) is 0. The average Bonchev–Trinajstić information content (AvgIpc) is 2.66. The highest BCUT2D eigenvalue weighted by molar-refractivity contribution is 5.72. The summed E-state index contributed by atoms with van der Waals surface area (Å²) < 4.78 is 0. The van der Waals surface area contributed by atoms with Crippen molar-refractivity contribution in [2.45, 2.75) is 12.8 Å². The van der Waals surface area contributed by atoms with Gasteiger partial charge in [-0.25, -0.2) is 0 Å². The Labute approximate surface area is 65.1 Å². The number of aromatic nitrogens is 1. The Hall–Kier alpha value is -1.25. The molecule has 0 bridgehead atoms. The lowest BCUT2D eigenvalue weighted by molar-refractivity contribution is -0.138. The first-order valence-electron chi connectivity index (χ1n) is 3.61. The van der Waals surface area contributed by atoms with E-state index in [0.29, 0.717) is 0 Å². The standard InChI is InChI=1S/C4H5N.C4H6O2/c1-2-4-5-3-1;5-4(6)3-1-2-3/h1-5H;3H,1-2H2,(H,5,6). The lowest BCUT2D eigenvalue weighted by atomic mass is 10.5. The maximum Gasteiger partial charge on any atom is 0.306 e. The number of aromatic amines is 1. The number of hydrogen-bond donors (Lipinski definition) is 2. The average molecular weight is 153 g/mol. The SMILES string of the molecule is O=C(O)C1CC1.c1cc[nH]c1. The fourth-order valence-corrected chi connectivity index (χ4v) is 0.608. The van der Waals surface area contributed by atoms with Crippen molar-refractivity contribution in [2.75, 3.05) is 0 Å². The minimum absolute atomic E-state index is 0.0185. The maximum atomic E-state index is 9.76. The van der Waals surface area contributed by atoms with Crippen LogP contribution in [0.15, 0.2) is 24.5 Å². The maximum absolute atomic E-state index is 9.76. The smallest absolute Gasteiger partial charge is 0.306 e. The molecule has 0 atom stereocenters.